The summed E-state index contributed by atoms with van der Waals surface area (Å²) in [6.45, 7) is 8.94. The Bertz CT molecular complexity index is 1270. The van der Waals surface area contributed by atoms with Crippen LogP contribution in [0.5, 0.6) is 0 Å². The molecule has 4 heterocycles. The molecule has 1 atom stereocenters. The molecule has 2 amide bonds. The van der Waals surface area contributed by atoms with Gasteiger partial charge in [0.15, 0.2) is 0 Å². The van der Waals surface area contributed by atoms with Gasteiger partial charge in [-0.15, -0.1) is 0 Å². The van der Waals surface area contributed by atoms with Crippen molar-refractivity contribution in [1.29, 1.82) is 0 Å². The quantitative estimate of drug-likeness (QED) is 0.593. The van der Waals surface area contributed by atoms with Crippen molar-refractivity contribution in [3.8, 4) is 0 Å². The number of carbonyl (C=O) groups excluding carboxylic acids is 2. The van der Waals surface area contributed by atoms with Crippen LogP contribution in [0, 0.1) is 26.7 Å². The first-order valence-electron chi connectivity index (χ1n) is 12.3. The predicted octanol–water partition coefficient (Wildman–Crippen LogP) is 3.24. The van der Waals surface area contributed by atoms with Gasteiger partial charge in [-0.05, 0) is 56.2 Å². The Morgan fingerprint density at radius 1 is 0.944 bits per heavy atom. The molecular formula is C27H31N7O2. The fourth-order valence-corrected chi connectivity index (χ4v) is 4.78. The average Bonchev–Trinajstić information content (AvgIpc) is 3.27. The molecule has 1 aromatic carbocycles. The number of amides is 2. The number of aromatic nitrogens is 3. The van der Waals surface area contributed by atoms with Crippen LogP contribution in [0.15, 0.2) is 48.7 Å². The van der Waals surface area contributed by atoms with Gasteiger partial charge in [0.1, 0.15) is 23.3 Å². The van der Waals surface area contributed by atoms with Gasteiger partial charge in [-0.1, -0.05) is 12.1 Å². The third-order valence-corrected chi connectivity index (χ3v) is 6.94. The Hall–Kier alpha value is -4.01. The fraction of sp³-hybridized carbons (Fsp3) is 0.370. The van der Waals surface area contributed by atoms with E-state index in [1.165, 1.54) is 5.56 Å². The highest BCUT2D eigenvalue weighted by atomic mass is 16.2. The molecular weight excluding hydrogens is 454 g/mol. The number of pyridine rings is 1. The minimum Gasteiger partial charge on any atom is -0.353 e. The highest BCUT2D eigenvalue weighted by molar-refractivity contribution is 6.00. The molecule has 3 aromatic rings. The van der Waals surface area contributed by atoms with Crippen LogP contribution in [0.2, 0.25) is 0 Å². The molecule has 2 saturated heterocycles. The van der Waals surface area contributed by atoms with Gasteiger partial charge >= 0.3 is 0 Å². The maximum atomic E-state index is 13.3. The molecule has 9 nitrogen and oxygen atoms in total. The summed E-state index contributed by atoms with van der Waals surface area (Å²) in [5.74, 6) is 2.67. The zero-order valence-corrected chi connectivity index (χ0v) is 20.9. The first-order chi connectivity index (χ1) is 17.4. The molecule has 36 heavy (non-hydrogen) atoms. The lowest BCUT2D eigenvalue weighted by atomic mass is 10.1. The molecule has 2 fully saturated rings. The van der Waals surface area contributed by atoms with Crippen LogP contribution < -0.4 is 15.1 Å². The largest absolute Gasteiger partial charge is 0.353 e. The van der Waals surface area contributed by atoms with Crippen molar-refractivity contribution < 1.29 is 9.59 Å². The second kappa shape index (κ2) is 9.93. The summed E-state index contributed by atoms with van der Waals surface area (Å²) in [4.78, 5) is 45.2. The van der Waals surface area contributed by atoms with E-state index >= 15 is 0 Å². The number of aryl methyl sites for hydroxylation is 3. The summed E-state index contributed by atoms with van der Waals surface area (Å²) in [6.07, 6.45) is 1.99. The Labute approximate surface area is 211 Å². The monoisotopic (exact) mass is 485 g/mol. The molecule has 0 bridgehead atoms. The number of carbonyl (C=O) groups is 2. The van der Waals surface area contributed by atoms with Crippen LogP contribution >= 0.6 is 0 Å². The topological polar surface area (TPSA) is 94.6 Å². The standard InChI is InChI=1S/C27H31N7O2/c1-18-7-8-22(14-19(18)2)34-17-21(15-26(34)35)27(36)33-12-10-32(11-13-33)25-16-24(29-20(3)30-25)31-23-6-4-5-9-28-23/h4-9,14,16,21H,10-13,15,17H2,1-3H3,(H,28,29,30,31). The van der Waals surface area contributed by atoms with E-state index in [9.17, 15) is 9.59 Å². The van der Waals surface area contributed by atoms with Crippen molar-refractivity contribution in [1.82, 2.24) is 19.9 Å². The number of nitrogens with zero attached hydrogens (tertiary/aromatic N) is 6. The smallest absolute Gasteiger partial charge is 0.228 e. The van der Waals surface area contributed by atoms with E-state index in [-0.39, 0.29) is 24.2 Å². The molecule has 0 radical (unpaired) electrons. The lowest BCUT2D eigenvalue weighted by Crippen LogP contribution is -2.51. The van der Waals surface area contributed by atoms with Gasteiger partial charge < -0.3 is 20.0 Å². The Morgan fingerprint density at radius 3 is 2.47 bits per heavy atom. The predicted molar refractivity (Wildman–Crippen MR) is 139 cm³/mol. The number of rotatable bonds is 5. The molecule has 186 valence electrons. The summed E-state index contributed by atoms with van der Waals surface area (Å²) in [5, 5.41) is 3.23. The average molecular weight is 486 g/mol. The van der Waals surface area contributed by atoms with Crippen molar-refractivity contribution >= 4 is 35.0 Å². The molecule has 2 aliphatic rings. The van der Waals surface area contributed by atoms with Crippen molar-refractivity contribution in [2.24, 2.45) is 5.92 Å². The van der Waals surface area contributed by atoms with Crippen molar-refractivity contribution in [3.63, 3.8) is 0 Å². The number of hydrogen-bond acceptors (Lipinski definition) is 7. The number of benzene rings is 1. The number of hydrogen-bond donors (Lipinski definition) is 1. The second-order valence-corrected chi connectivity index (χ2v) is 9.48. The third kappa shape index (κ3) is 5.00. The summed E-state index contributed by atoms with van der Waals surface area (Å²) in [5.41, 5.74) is 3.21. The Morgan fingerprint density at radius 2 is 1.75 bits per heavy atom. The van der Waals surface area contributed by atoms with E-state index < -0.39 is 0 Å². The van der Waals surface area contributed by atoms with Gasteiger partial charge in [0, 0.05) is 57.1 Å². The van der Waals surface area contributed by atoms with Crippen molar-refractivity contribution in [2.45, 2.75) is 27.2 Å². The first-order valence-corrected chi connectivity index (χ1v) is 12.3. The molecule has 0 aliphatic carbocycles. The van der Waals surface area contributed by atoms with Crippen LogP contribution in [0.3, 0.4) is 0 Å². The van der Waals surface area contributed by atoms with Gasteiger partial charge in [-0.2, -0.15) is 0 Å². The number of nitrogens with one attached hydrogen (secondary N) is 1. The normalized spacial score (nSPS) is 18.0. The van der Waals surface area contributed by atoms with Crippen molar-refractivity contribution in [3.05, 3.63) is 65.6 Å². The highest BCUT2D eigenvalue weighted by Gasteiger charge is 2.38. The maximum absolute atomic E-state index is 13.3. The zero-order chi connectivity index (χ0) is 25.2. The van der Waals surface area contributed by atoms with Gasteiger partial charge in [0.25, 0.3) is 0 Å². The molecule has 9 heteroatoms. The fourth-order valence-electron chi connectivity index (χ4n) is 4.78. The van der Waals surface area contributed by atoms with Crippen LogP contribution in [0.25, 0.3) is 0 Å². The van der Waals surface area contributed by atoms with Crippen LogP contribution in [-0.2, 0) is 9.59 Å². The summed E-state index contributed by atoms with van der Waals surface area (Å²) >= 11 is 0. The molecule has 1 unspecified atom stereocenters. The minimum absolute atomic E-state index is 0.0136. The lowest BCUT2D eigenvalue weighted by Gasteiger charge is -2.36. The summed E-state index contributed by atoms with van der Waals surface area (Å²) in [6, 6.07) is 13.6. The molecule has 0 saturated carbocycles. The van der Waals surface area contributed by atoms with Crippen LogP contribution in [0.4, 0.5) is 23.1 Å². The molecule has 0 spiro atoms. The lowest BCUT2D eigenvalue weighted by molar-refractivity contribution is -0.136. The van der Waals surface area contributed by atoms with E-state index in [0.717, 1.165) is 22.9 Å². The van der Waals surface area contributed by atoms with Gasteiger partial charge in [-0.3, -0.25) is 9.59 Å². The first kappa shape index (κ1) is 23.7. The molecule has 2 aliphatic heterocycles. The molecule has 1 N–H and O–H groups in total. The number of piperazine rings is 1. The van der Waals surface area contributed by atoms with E-state index in [2.05, 4.69) is 32.1 Å². The van der Waals surface area contributed by atoms with Gasteiger partial charge in [0.05, 0.1) is 5.92 Å². The second-order valence-electron chi connectivity index (χ2n) is 9.48. The van der Waals surface area contributed by atoms with Crippen LogP contribution in [-0.4, -0.2) is 64.4 Å². The maximum Gasteiger partial charge on any atom is 0.228 e. The summed E-state index contributed by atoms with van der Waals surface area (Å²) in [7, 11) is 0. The van der Waals surface area contributed by atoms with Gasteiger partial charge in [0.2, 0.25) is 11.8 Å². The minimum atomic E-state index is -0.305. The van der Waals surface area contributed by atoms with E-state index in [4.69, 9.17) is 0 Å². The van der Waals surface area contributed by atoms with Crippen molar-refractivity contribution in [2.75, 3.05) is 47.8 Å². The van der Waals surface area contributed by atoms with E-state index in [1.54, 1.807) is 11.1 Å². The van der Waals surface area contributed by atoms with E-state index in [0.29, 0.717) is 44.4 Å². The highest BCUT2D eigenvalue weighted by Crippen LogP contribution is 2.28. The molecule has 2 aromatic heterocycles. The Kier molecular flexibility index (Phi) is 6.54. The Balaban J connectivity index is 1.20. The SMILES string of the molecule is Cc1nc(Nc2ccccn2)cc(N2CCN(C(=O)C3CC(=O)N(c4ccc(C)c(C)c4)C3)CC2)n1. The van der Waals surface area contributed by atoms with Crippen LogP contribution in [0.1, 0.15) is 23.4 Å². The zero-order valence-electron chi connectivity index (χ0n) is 20.9. The molecule has 5 rings (SSSR count). The third-order valence-electron chi connectivity index (χ3n) is 6.94. The number of anilines is 4. The summed E-state index contributed by atoms with van der Waals surface area (Å²) < 4.78 is 0. The van der Waals surface area contributed by atoms with Gasteiger partial charge in [-0.25, -0.2) is 15.0 Å². The van der Waals surface area contributed by atoms with E-state index in [1.807, 2.05) is 61.2 Å².